The molecule has 0 saturated heterocycles. The Morgan fingerprint density at radius 2 is 1.81 bits per heavy atom. The van der Waals surface area contributed by atoms with Gasteiger partial charge < -0.3 is 0 Å². The van der Waals surface area contributed by atoms with Crippen LogP contribution in [0.25, 0.3) is 11.1 Å². The van der Waals surface area contributed by atoms with E-state index in [-0.39, 0.29) is 0 Å². The van der Waals surface area contributed by atoms with E-state index < -0.39 is 0 Å². The highest BCUT2D eigenvalue weighted by atomic mass is 35.5. The molecule has 0 unspecified atom stereocenters. The monoisotopic (exact) mass is 269 g/mol. The molecule has 0 aliphatic rings. The molecule has 0 N–H and O–H groups in total. The summed E-state index contributed by atoms with van der Waals surface area (Å²) in [7, 11) is 0. The number of rotatable bonds is 1. The minimum Gasteiger partial charge on any atom is -0.0843 e. The molecular formula is C13H8Cl3. The molecule has 16 heavy (non-hydrogen) atoms. The molecule has 3 heteroatoms. The van der Waals surface area contributed by atoms with Crippen LogP contribution in [0.1, 0.15) is 5.56 Å². The van der Waals surface area contributed by atoms with Gasteiger partial charge in [0.1, 0.15) is 0 Å². The highest BCUT2D eigenvalue weighted by molar-refractivity contribution is 6.39. The first-order chi connectivity index (χ1) is 7.59. The van der Waals surface area contributed by atoms with Crippen molar-refractivity contribution in [2.75, 3.05) is 0 Å². The summed E-state index contributed by atoms with van der Waals surface area (Å²) >= 11 is 18.2. The van der Waals surface area contributed by atoms with Gasteiger partial charge in [0, 0.05) is 21.7 Å². The Morgan fingerprint density at radius 3 is 2.44 bits per heavy atom. The summed E-state index contributed by atoms with van der Waals surface area (Å²) in [5, 5.41) is 1.85. The van der Waals surface area contributed by atoms with E-state index in [1.807, 2.05) is 25.1 Å². The molecule has 0 saturated carbocycles. The molecule has 0 heterocycles. The van der Waals surface area contributed by atoms with Crippen LogP contribution in [0.4, 0.5) is 0 Å². The average molecular weight is 271 g/mol. The van der Waals surface area contributed by atoms with Crippen molar-refractivity contribution in [3.8, 4) is 11.1 Å². The number of hydrogen-bond acceptors (Lipinski definition) is 0. The van der Waals surface area contributed by atoms with Crippen molar-refractivity contribution in [1.29, 1.82) is 0 Å². The van der Waals surface area contributed by atoms with Gasteiger partial charge in [0.2, 0.25) is 0 Å². The minimum absolute atomic E-state index is 0.526. The number of halogens is 3. The van der Waals surface area contributed by atoms with Crippen molar-refractivity contribution in [1.82, 2.24) is 0 Å². The van der Waals surface area contributed by atoms with Gasteiger partial charge >= 0.3 is 0 Å². The van der Waals surface area contributed by atoms with Gasteiger partial charge in [0.15, 0.2) is 0 Å². The Labute approximate surface area is 110 Å². The fraction of sp³-hybridized carbons (Fsp3) is 0.0769. The lowest BCUT2D eigenvalue weighted by Crippen LogP contribution is -1.86. The van der Waals surface area contributed by atoms with Crippen molar-refractivity contribution in [3.05, 3.63) is 57.0 Å². The average Bonchev–Trinajstić information content (AvgIpc) is 2.20. The van der Waals surface area contributed by atoms with Crippen LogP contribution in [0, 0.1) is 13.0 Å². The van der Waals surface area contributed by atoms with E-state index >= 15 is 0 Å². The summed E-state index contributed by atoms with van der Waals surface area (Å²) in [6.45, 7) is 1.97. The van der Waals surface area contributed by atoms with Crippen LogP contribution in [-0.2, 0) is 0 Å². The summed E-state index contributed by atoms with van der Waals surface area (Å²) < 4.78 is 0. The van der Waals surface area contributed by atoms with Crippen LogP contribution in [-0.4, -0.2) is 0 Å². The van der Waals surface area contributed by atoms with Gasteiger partial charge in [0.05, 0.1) is 5.02 Å². The molecule has 2 rings (SSSR count). The maximum atomic E-state index is 6.14. The smallest absolute Gasteiger partial charge is 0.0578 e. The summed E-state index contributed by atoms with van der Waals surface area (Å²) in [4.78, 5) is 0. The number of aryl methyl sites for hydroxylation is 1. The molecule has 2 aromatic carbocycles. The molecule has 0 bridgehead atoms. The summed E-state index contributed by atoms with van der Waals surface area (Å²) in [6, 6.07) is 12.0. The summed E-state index contributed by atoms with van der Waals surface area (Å²) in [5.74, 6) is 0. The lowest BCUT2D eigenvalue weighted by atomic mass is 10.0. The predicted molar refractivity (Wildman–Crippen MR) is 70.5 cm³/mol. The molecular weight excluding hydrogens is 263 g/mol. The van der Waals surface area contributed by atoms with Crippen LogP contribution in [0.5, 0.6) is 0 Å². The van der Waals surface area contributed by atoms with E-state index in [2.05, 4.69) is 6.07 Å². The highest BCUT2D eigenvalue weighted by Gasteiger charge is 2.10. The molecule has 0 aromatic heterocycles. The number of benzene rings is 2. The minimum atomic E-state index is 0.526. The molecule has 81 valence electrons. The van der Waals surface area contributed by atoms with Crippen LogP contribution in [0.15, 0.2) is 30.3 Å². The summed E-state index contributed by atoms with van der Waals surface area (Å²) in [5.41, 5.74) is 2.83. The Bertz CT molecular complexity index is 512. The summed E-state index contributed by atoms with van der Waals surface area (Å²) in [6.07, 6.45) is 0. The number of hydrogen-bond donors (Lipinski definition) is 0. The van der Waals surface area contributed by atoms with Crippen molar-refractivity contribution < 1.29 is 0 Å². The quantitative estimate of drug-likeness (QED) is 0.649. The topological polar surface area (TPSA) is 0 Å². The SMILES string of the molecule is Cc1cc(Cl)ccc1-c1c(Cl)[c]ccc1Cl. The van der Waals surface area contributed by atoms with Crippen molar-refractivity contribution in [3.63, 3.8) is 0 Å². The third-order valence-electron chi connectivity index (χ3n) is 2.36. The normalized spacial score (nSPS) is 10.5. The Balaban J connectivity index is 2.68. The molecule has 0 nitrogen and oxygen atoms in total. The lowest BCUT2D eigenvalue weighted by molar-refractivity contribution is 1.46. The largest absolute Gasteiger partial charge is 0.0843 e. The van der Waals surface area contributed by atoms with E-state index in [0.29, 0.717) is 15.1 Å². The fourth-order valence-electron chi connectivity index (χ4n) is 1.60. The van der Waals surface area contributed by atoms with E-state index in [0.717, 1.165) is 16.7 Å². The maximum Gasteiger partial charge on any atom is 0.0578 e. The van der Waals surface area contributed by atoms with Gasteiger partial charge in [-0.15, -0.1) is 0 Å². The zero-order chi connectivity index (χ0) is 11.7. The fourth-order valence-corrected chi connectivity index (χ4v) is 2.40. The first-order valence-corrected chi connectivity index (χ1v) is 5.85. The van der Waals surface area contributed by atoms with Crippen LogP contribution < -0.4 is 0 Å². The van der Waals surface area contributed by atoms with E-state index in [4.69, 9.17) is 34.8 Å². The van der Waals surface area contributed by atoms with E-state index in [1.165, 1.54) is 0 Å². The second kappa shape index (κ2) is 4.67. The molecule has 0 amide bonds. The standard InChI is InChI=1S/C13H8Cl3/c1-8-7-9(14)5-6-10(8)13-11(15)3-2-4-12(13)16/h2-3,5-7H,1H3. The Hall–Kier alpha value is -0.690. The van der Waals surface area contributed by atoms with Crippen molar-refractivity contribution in [2.24, 2.45) is 0 Å². The van der Waals surface area contributed by atoms with Crippen LogP contribution in [0.3, 0.4) is 0 Å². The molecule has 0 aliphatic heterocycles. The third-order valence-corrected chi connectivity index (χ3v) is 3.20. The lowest BCUT2D eigenvalue weighted by Gasteiger charge is -2.10. The predicted octanol–water partition coefficient (Wildman–Crippen LogP) is 5.42. The first-order valence-electron chi connectivity index (χ1n) is 4.72. The van der Waals surface area contributed by atoms with E-state index in [1.54, 1.807) is 12.1 Å². The van der Waals surface area contributed by atoms with Crippen LogP contribution >= 0.6 is 34.8 Å². The van der Waals surface area contributed by atoms with Gasteiger partial charge in [-0.2, -0.15) is 0 Å². The first kappa shape index (κ1) is 11.8. The Morgan fingerprint density at radius 1 is 1.06 bits per heavy atom. The molecule has 0 aliphatic carbocycles. The zero-order valence-corrected chi connectivity index (χ0v) is 10.8. The van der Waals surface area contributed by atoms with Gasteiger partial charge in [0.25, 0.3) is 0 Å². The zero-order valence-electron chi connectivity index (χ0n) is 8.52. The molecule has 0 atom stereocenters. The third kappa shape index (κ3) is 2.20. The molecule has 0 spiro atoms. The van der Waals surface area contributed by atoms with Crippen LogP contribution in [0.2, 0.25) is 15.1 Å². The highest BCUT2D eigenvalue weighted by Crippen LogP contribution is 2.36. The maximum absolute atomic E-state index is 6.14. The molecule has 2 aromatic rings. The van der Waals surface area contributed by atoms with Crippen molar-refractivity contribution in [2.45, 2.75) is 6.92 Å². The molecule has 1 radical (unpaired) electrons. The second-order valence-corrected chi connectivity index (χ2v) is 4.70. The van der Waals surface area contributed by atoms with E-state index in [9.17, 15) is 0 Å². The van der Waals surface area contributed by atoms with Gasteiger partial charge in [-0.3, -0.25) is 0 Å². The Kier molecular flexibility index (Phi) is 3.44. The van der Waals surface area contributed by atoms with Crippen molar-refractivity contribution >= 4 is 34.8 Å². The molecule has 0 fully saturated rings. The van der Waals surface area contributed by atoms with Gasteiger partial charge in [-0.25, -0.2) is 0 Å². The van der Waals surface area contributed by atoms with Gasteiger partial charge in [-0.05, 0) is 36.2 Å². The second-order valence-electron chi connectivity index (χ2n) is 3.47. The van der Waals surface area contributed by atoms with Gasteiger partial charge in [-0.1, -0.05) is 46.9 Å².